The van der Waals surface area contributed by atoms with Crippen molar-refractivity contribution in [1.29, 1.82) is 0 Å². The molecule has 2 aliphatic rings. The molecule has 0 radical (unpaired) electrons. The van der Waals surface area contributed by atoms with Crippen LogP contribution in [0.1, 0.15) is 11.3 Å². The molecule has 28 heavy (non-hydrogen) atoms. The second-order valence-electron chi connectivity index (χ2n) is 7.13. The number of benzene rings is 1. The number of aromatic nitrogens is 3. The van der Waals surface area contributed by atoms with Crippen molar-refractivity contribution in [2.24, 2.45) is 0 Å². The molecule has 3 aromatic rings. The molecule has 1 fully saturated rings. The topological polar surface area (TPSA) is 63.9 Å². The minimum absolute atomic E-state index is 0.0722. The maximum absolute atomic E-state index is 6.37. The number of anilines is 1. The van der Waals surface area contributed by atoms with E-state index in [2.05, 4.69) is 15.3 Å². The number of halogens is 1. The van der Waals surface area contributed by atoms with Crippen molar-refractivity contribution in [3.05, 3.63) is 46.7 Å². The van der Waals surface area contributed by atoms with E-state index in [1.165, 1.54) is 11.3 Å². The highest BCUT2D eigenvalue weighted by molar-refractivity contribution is 6.33. The number of nitrogens with zero attached hydrogens (tertiary/aromatic N) is 4. The van der Waals surface area contributed by atoms with Crippen LogP contribution in [-0.2, 0) is 12.8 Å². The SMILES string of the molecule is COc1cccc(OC2CN(c3c4c(nc5ccnn35)CCNCC4)C2)c1Cl. The van der Waals surface area contributed by atoms with Crippen LogP contribution in [0.25, 0.3) is 5.65 Å². The minimum Gasteiger partial charge on any atom is -0.495 e. The van der Waals surface area contributed by atoms with Gasteiger partial charge in [0.25, 0.3) is 0 Å². The molecular formula is C20H22ClN5O2. The van der Waals surface area contributed by atoms with E-state index in [1.807, 2.05) is 35.0 Å². The molecule has 146 valence electrons. The molecule has 0 unspecified atom stereocenters. The van der Waals surface area contributed by atoms with Crippen LogP contribution < -0.4 is 19.7 Å². The Balaban J connectivity index is 1.40. The van der Waals surface area contributed by atoms with E-state index in [1.54, 1.807) is 7.11 Å². The molecule has 8 heteroatoms. The van der Waals surface area contributed by atoms with E-state index in [0.717, 1.165) is 50.5 Å². The standard InChI is InChI=1S/C20H22ClN5O2/c1-27-16-3-2-4-17(19(16)21)28-13-11-25(12-13)20-14-5-8-22-9-6-15(14)24-18-7-10-23-26(18)20/h2-4,7,10,13,22H,5-6,8-9,11-12H2,1H3. The van der Waals surface area contributed by atoms with Gasteiger partial charge < -0.3 is 19.7 Å². The van der Waals surface area contributed by atoms with Gasteiger partial charge >= 0.3 is 0 Å². The van der Waals surface area contributed by atoms with E-state index in [-0.39, 0.29) is 6.10 Å². The van der Waals surface area contributed by atoms with Crippen molar-refractivity contribution >= 4 is 23.1 Å². The van der Waals surface area contributed by atoms with Crippen molar-refractivity contribution in [2.45, 2.75) is 18.9 Å². The molecule has 0 atom stereocenters. The Morgan fingerprint density at radius 2 is 1.96 bits per heavy atom. The predicted molar refractivity (Wildman–Crippen MR) is 108 cm³/mol. The van der Waals surface area contributed by atoms with Crippen molar-refractivity contribution < 1.29 is 9.47 Å². The van der Waals surface area contributed by atoms with Crippen molar-refractivity contribution in [3.8, 4) is 11.5 Å². The summed E-state index contributed by atoms with van der Waals surface area (Å²) < 4.78 is 13.4. The number of rotatable bonds is 4. The number of hydrogen-bond acceptors (Lipinski definition) is 6. The third-order valence-electron chi connectivity index (χ3n) is 5.37. The molecule has 0 aliphatic carbocycles. The molecule has 0 bridgehead atoms. The highest BCUT2D eigenvalue weighted by atomic mass is 35.5. The Hall–Kier alpha value is -2.51. The molecule has 4 heterocycles. The molecule has 1 N–H and O–H groups in total. The van der Waals surface area contributed by atoms with Gasteiger partial charge in [0, 0.05) is 24.6 Å². The van der Waals surface area contributed by atoms with Gasteiger partial charge in [0.05, 0.1) is 32.1 Å². The number of nitrogens with one attached hydrogen (secondary N) is 1. The highest BCUT2D eigenvalue weighted by Gasteiger charge is 2.34. The molecule has 2 aliphatic heterocycles. The summed E-state index contributed by atoms with van der Waals surface area (Å²) >= 11 is 6.37. The summed E-state index contributed by atoms with van der Waals surface area (Å²) in [5.74, 6) is 2.43. The largest absolute Gasteiger partial charge is 0.495 e. The van der Waals surface area contributed by atoms with Gasteiger partial charge in [-0.2, -0.15) is 9.61 Å². The van der Waals surface area contributed by atoms with Crippen LogP contribution in [0, 0.1) is 0 Å². The summed E-state index contributed by atoms with van der Waals surface area (Å²) in [5.41, 5.74) is 3.36. The predicted octanol–water partition coefficient (Wildman–Crippen LogP) is 2.35. The zero-order valence-electron chi connectivity index (χ0n) is 15.7. The number of hydrogen-bond donors (Lipinski definition) is 1. The first-order chi connectivity index (χ1) is 13.7. The fourth-order valence-corrected chi connectivity index (χ4v) is 4.19. The van der Waals surface area contributed by atoms with Crippen LogP contribution in [-0.4, -0.2) is 54.0 Å². The fourth-order valence-electron chi connectivity index (χ4n) is 3.94. The summed E-state index contributed by atoms with van der Waals surface area (Å²) in [5, 5.41) is 8.50. The minimum atomic E-state index is 0.0722. The average molecular weight is 400 g/mol. The normalized spacial score (nSPS) is 17.1. The van der Waals surface area contributed by atoms with Gasteiger partial charge in [-0.15, -0.1) is 0 Å². The molecule has 7 nitrogen and oxygen atoms in total. The summed E-state index contributed by atoms with van der Waals surface area (Å²) in [6.45, 7) is 3.49. The first kappa shape index (κ1) is 17.6. The Labute approximate surface area is 168 Å². The maximum Gasteiger partial charge on any atom is 0.157 e. The van der Waals surface area contributed by atoms with E-state index >= 15 is 0 Å². The van der Waals surface area contributed by atoms with E-state index in [9.17, 15) is 0 Å². The molecule has 0 amide bonds. The van der Waals surface area contributed by atoms with Gasteiger partial charge in [-0.3, -0.25) is 0 Å². The van der Waals surface area contributed by atoms with Crippen LogP contribution >= 0.6 is 11.6 Å². The molecule has 5 rings (SSSR count). The van der Waals surface area contributed by atoms with E-state index in [4.69, 9.17) is 26.1 Å². The van der Waals surface area contributed by atoms with Crippen LogP contribution in [0.15, 0.2) is 30.5 Å². The third kappa shape index (κ3) is 2.95. The quantitative estimate of drug-likeness (QED) is 0.726. The highest BCUT2D eigenvalue weighted by Crippen LogP contribution is 2.36. The van der Waals surface area contributed by atoms with Gasteiger partial charge in [-0.25, -0.2) is 4.98 Å². The lowest BCUT2D eigenvalue weighted by Gasteiger charge is -2.41. The van der Waals surface area contributed by atoms with E-state index < -0.39 is 0 Å². The molecular weight excluding hydrogens is 378 g/mol. The lowest BCUT2D eigenvalue weighted by atomic mass is 10.1. The lowest BCUT2D eigenvalue weighted by molar-refractivity contribution is 0.166. The molecule has 1 saturated heterocycles. The summed E-state index contributed by atoms with van der Waals surface area (Å²) in [6.07, 6.45) is 3.78. The first-order valence-electron chi connectivity index (χ1n) is 9.55. The summed E-state index contributed by atoms with van der Waals surface area (Å²) in [7, 11) is 1.61. The Kier molecular flexibility index (Phi) is 4.49. The van der Waals surface area contributed by atoms with Gasteiger partial charge in [-0.1, -0.05) is 17.7 Å². The van der Waals surface area contributed by atoms with Gasteiger partial charge in [0.2, 0.25) is 0 Å². The van der Waals surface area contributed by atoms with Crippen molar-refractivity contribution in [3.63, 3.8) is 0 Å². The Morgan fingerprint density at radius 3 is 2.82 bits per heavy atom. The summed E-state index contributed by atoms with van der Waals surface area (Å²) in [6, 6.07) is 7.56. The smallest absolute Gasteiger partial charge is 0.157 e. The fraction of sp³-hybridized carbons (Fsp3) is 0.400. The van der Waals surface area contributed by atoms with Crippen LogP contribution in [0.3, 0.4) is 0 Å². The van der Waals surface area contributed by atoms with Gasteiger partial charge in [0.15, 0.2) is 5.65 Å². The van der Waals surface area contributed by atoms with Crippen LogP contribution in [0.5, 0.6) is 11.5 Å². The number of methoxy groups -OCH3 is 1. The molecule has 1 aromatic carbocycles. The lowest BCUT2D eigenvalue weighted by Crippen LogP contribution is -2.55. The molecule has 2 aromatic heterocycles. The van der Waals surface area contributed by atoms with E-state index in [0.29, 0.717) is 16.5 Å². The molecule has 0 spiro atoms. The van der Waals surface area contributed by atoms with Crippen LogP contribution in [0.2, 0.25) is 5.02 Å². The zero-order valence-corrected chi connectivity index (χ0v) is 16.4. The van der Waals surface area contributed by atoms with Crippen LogP contribution in [0.4, 0.5) is 5.82 Å². The Morgan fingerprint density at radius 1 is 1.14 bits per heavy atom. The number of ether oxygens (including phenoxy) is 2. The van der Waals surface area contributed by atoms with Crippen molar-refractivity contribution in [2.75, 3.05) is 38.2 Å². The third-order valence-corrected chi connectivity index (χ3v) is 5.74. The average Bonchev–Trinajstić information content (AvgIpc) is 3.01. The van der Waals surface area contributed by atoms with Crippen molar-refractivity contribution in [1.82, 2.24) is 19.9 Å². The second kappa shape index (κ2) is 7.14. The number of fused-ring (bicyclic) bond motifs is 2. The summed E-state index contributed by atoms with van der Waals surface area (Å²) in [4.78, 5) is 7.15. The Bertz CT molecular complexity index is 1020. The van der Waals surface area contributed by atoms with Gasteiger partial charge in [-0.05, 0) is 25.1 Å². The first-order valence-corrected chi connectivity index (χ1v) is 9.92. The zero-order chi connectivity index (χ0) is 19.1. The monoisotopic (exact) mass is 399 g/mol. The molecule has 0 saturated carbocycles. The van der Waals surface area contributed by atoms with Gasteiger partial charge in [0.1, 0.15) is 28.4 Å². The maximum atomic E-state index is 6.37. The second-order valence-corrected chi connectivity index (χ2v) is 7.51.